The number of rotatable bonds is 8. The monoisotopic (exact) mass is 330 g/mol. The van der Waals surface area contributed by atoms with Crippen LogP contribution in [-0.2, 0) is 4.79 Å². The van der Waals surface area contributed by atoms with Crippen molar-refractivity contribution in [3.8, 4) is 0 Å². The molecule has 132 valence electrons. The van der Waals surface area contributed by atoms with Gasteiger partial charge in [-0.25, -0.2) is 0 Å². The van der Waals surface area contributed by atoms with Gasteiger partial charge < -0.3 is 10.6 Å². The number of hydrogen-bond acceptors (Lipinski definition) is 2. The summed E-state index contributed by atoms with van der Waals surface area (Å²) in [5.41, 5.74) is 0.972. The number of hydrogen-bond donors (Lipinski definition) is 2. The van der Waals surface area contributed by atoms with Gasteiger partial charge in [0.25, 0.3) is 5.91 Å². The van der Waals surface area contributed by atoms with E-state index in [1.807, 2.05) is 18.2 Å². The zero-order chi connectivity index (χ0) is 17.3. The Balaban J connectivity index is 1.62. The second-order valence-corrected chi connectivity index (χ2v) is 6.92. The summed E-state index contributed by atoms with van der Waals surface area (Å²) in [5, 5.41) is 5.97. The lowest BCUT2D eigenvalue weighted by molar-refractivity contribution is -0.121. The van der Waals surface area contributed by atoms with Crippen molar-refractivity contribution in [2.24, 2.45) is 5.41 Å². The molecule has 0 aromatic heterocycles. The molecule has 4 heteroatoms. The Morgan fingerprint density at radius 3 is 2.42 bits per heavy atom. The Hall–Kier alpha value is -1.84. The van der Waals surface area contributed by atoms with E-state index in [1.54, 1.807) is 12.1 Å². The summed E-state index contributed by atoms with van der Waals surface area (Å²) in [4.78, 5) is 23.9. The highest BCUT2D eigenvalue weighted by atomic mass is 16.2. The second kappa shape index (κ2) is 9.45. The summed E-state index contributed by atoms with van der Waals surface area (Å²) >= 11 is 0. The van der Waals surface area contributed by atoms with E-state index in [0.29, 0.717) is 30.4 Å². The van der Waals surface area contributed by atoms with E-state index in [0.717, 1.165) is 13.0 Å². The first-order valence-corrected chi connectivity index (χ1v) is 9.25. The fourth-order valence-corrected chi connectivity index (χ4v) is 3.47. The maximum Gasteiger partial charge on any atom is 0.251 e. The average Bonchev–Trinajstić information content (AvgIpc) is 2.65. The Morgan fingerprint density at radius 1 is 1.04 bits per heavy atom. The topological polar surface area (TPSA) is 58.2 Å². The zero-order valence-electron chi connectivity index (χ0n) is 14.8. The molecule has 0 atom stereocenters. The molecule has 1 aliphatic rings. The number of benzene rings is 1. The van der Waals surface area contributed by atoms with Gasteiger partial charge in [0, 0.05) is 25.1 Å². The van der Waals surface area contributed by atoms with Gasteiger partial charge in [0.05, 0.1) is 0 Å². The van der Waals surface area contributed by atoms with Crippen molar-refractivity contribution >= 4 is 11.8 Å². The van der Waals surface area contributed by atoms with Crippen molar-refractivity contribution in [1.82, 2.24) is 10.6 Å². The zero-order valence-corrected chi connectivity index (χ0v) is 14.8. The number of carbonyl (C=O) groups excluding carboxylic acids is 2. The Kier molecular flexibility index (Phi) is 7.29. The first kappa shape index (κ1) is 18.5. The van der Waals surface area contributed by atoms with E-state index in [9.17, 15) is 9.59 Å². The highest BCUT2D eigenvalue weighted by Gasteiger charge is 2.30. The predicted octanol–water partition coefficient (Wildman–Crippen LogP) is 3.67. The van der Waals surface area contributed by atoms with Crippen LogP contribution in [0.1, 0.15) is 68.6 Å². The molecular formula is C20H30N2O2. The molecule has 0 spiro atoms. The van der Waals surface area contributed by atoms with E-state index >= 15 is 0 Å². The number of amides is 2. The minimum Gasteiger partial charge on any atom is -0.356 e. The first-order valence-electron chi connectivity index (χ1n) is 9.25. The maximum absolute atomic E-state index is 12.0. The third kappa shape index (κ3) is 5.66. The minimum absolute atomic E-state index is 0.0804. The largest absolute Gasteiger partial charge is 0.356 e. The summed E-state index contributed by atoms with van der Waals surface area (Å²) in [6.07, 6.45) is 8.65. The third-order valence-electron chi connectivity index (χ3n) is 5.23. The molecule has 2 amide bonds. The van der Waals surface area contributed by atoms with E-state index in [-0.39, 0.29) is 11.8 Å². The van der Waals surface area contributed by atoms with Crippen LogP contribution in [0.25, 0.3) is 0 Å². The molecule has 1 aromatic carbocycles. The van der Waals surface area contributed by atoms with Gasteiger partial charge in [-0.05, 0) is 43.2 Å². The molecule has 1 aliphatic carbocycles. The molecule has 0 radical (unpaired) electrons. The van der Waals surface area contributed by atoms with Crippen molar-refractivity contribution < 1.29 is 9.59 Å². The average molecular weight is 330 g/mol. The van der Waals surface area contributed by atoms with Gasteiger partial charge >= 0.3 is 0 Å². The van der Waals surface area contributed by atoms with E-state index < -0.39 is 0 Å². The molecule has 1 saturated carbocycles. The molecule has 0 bridgehead atoms. The van der Waals surface area contributed by atoms with Crippen LogP contribution in [0.4, 0.5) is 0 Å². The maximum atomic E-state index is 12.0. The molecule has 0 heterocycles. The van der Waals surface area contributed by atoms with Gasteiger partial charge in [-0.2, -0.15) is 0 Å². The van der Waals surface area contributed by atoms with E-state index in [2.05, 4.69) is 17.6 Å². The quantitative estimate of drug-likeness (QED) is 0.715. The van der Waals surface area contributed by atoms with Crippen LogP contribution in [0.3, 0.4) is 0 Å². The lowest BCUT2D eigenvalue weighted by Crippen LogP contribution is -2.38. The molecule has 1 fully saturated rings. The lowest BCUT2D eigenvalue weighted by Gasteiger charge is -2.36. The molecule has 2 rings (SSSR count). The lowest BCUT2D eigenvalue weighted by atomic mass is 9.72. The fraction of sp³-hybridized carbons (Fsp3) is 0.600. The van der Waals surface area contributed by atoms with Crippen molar-refractivity contribution in [2.45, 2.75) is 58.3 Å². The molecular weight excluding hydrogens is 300 g/mol. The Labute approximate surface area is 145 Å². The third-order valence-corrected chi connectivity index (χ3v) is 5.23. The van der Waals surface area contributed by atoms with Crippen LogP contribution in [0, 0.1) is 5.41 Å². The van der Waals surface area contributed by atoms with Gasteiger partial charge in [-0.3, -0.25) is 9.59 Å². The standard InChI is InChI=1S/C20H30N2O2/c1-2-20(13-7-4-8-14-20)16-22-18(23)12-9-15-21-19(24)17-10-5-3-6-11-17/h3,5-6,10-11H,2,4,7-9,12-16H2,1H3,(H,21,24)(H,22,23). The van der Waals surface area contributed by atoms with Crippen LogP contribution in [0.15, 0.2) is 30.3 Å². The van der Waals surface area contributed by atoms with Crippen LogP contribution >= 0.6 is 0 Å². The number of nitrogens with one attached hydrogen (secondary N) is 2. The number of carbonyl (C=O) groups is 2. The highest BCUT2D eigenvalue weighted by molar-refractivity contribution is 5.94. The molecule has 0 unspecified atom stereocenters. The smallest absolute Gasteiger partial charge is 0.251 e. The van der Waals surface area contributed by atoms with Crippen LogP contribution in [-0.4, -0.2) is 24.9 Å². The Morgan fingerprint density at radius 2 is 1.75 bits per heavy atom. The molecule has 24 heavy (non-hydrogen) atoms. The van der Waals surface area contributed by atoms with Crippen LogP contribution in [0.5, 0.6) is 0 Å². The second-order valence-electron chi connectivity index (χ2n) is 6.92. The van der Waals surface area contributed by atoms with Crippen molar-refractivity contribution in [1.29, 1.82) is 0 Å². The SMILES string of the molecule is CCC1(CNC(=O)CCCNC(=O)c2ccccc2)CCCCC1. The van der Waals surface area contributed by atoms with E-state index in [1.165, 1.54) is 32.1 Å². The van der Waals surface area contributed by atoms with Crippen molar-refractivity contribution in [3.05, 3.63) is 35.9 Å². The summed E-state index contributed by atoms with van der Waals surface area (Å²) in [6, 6.07) is 9.15. The van der Waals surface area contributed by atoms with Gasteiger partial charge in [-0.15, -0.1) is 0 Å². The molecule has 4 nitrogen and oxygen atoms in total. The van der Waals surface area contributed by atoms with Gasteiger partial charge in [0.15, 0.2) is 0 Å². The molecule has 0 saturated heterocycles. The summed E-state index contributed by atoms with van der Waals surface area (Å²) in [7, 11) is 0. The fourth-order valence-electron chi connectivity index (χ4n) is 3.47. The summed E-state index contributed by atoms with van der Waals surface area (Å²) < 4.78 is 0. The van der Waals surface area contributed by atoms with Crippen LogP contribution < -0.4 is 10.6 Å². The summed E-state index contributed by atoms with van der Waals surface area (Å²) in [6.45, 7) is 3.56. The molecule has 1 aromatic rings. The van der Waals surface area contributed by atoms with Gasteiger partial charge in [0.1, 0.15) is 0 Å². The molecule has 0 aliphatic heterocycles. The first-order chi connectivity index (χ1) is 11.7. The van der Waals surface area contributed by atoms with Gasteiger partial charge in [-0.1, -0.05) is 44.4 Å². The normalized spacial score (nSPS) is 16.4. The van der Waals surface area contributed by atoms with Crippen LogP contribution in [0.2, 0.25) is 0 Å². The van der Waals surface area contributed by atoms with Crippen molar-refractivity contribution in [3.63, 3.8) is 0 Å². The summed E-state index contributed by atoms with van der Waals surface area (Å²) in [5.74, 6) is 0.0190. The Bertz CT molecular complexity index is 522. The predicted molar refractivity (Wildman–Crippen MR) is 96.8 cm³/mol. The van der Waals surface area contributed by atoms with Gasteiger partial charge in [0.2, 0.25) is 5.91 Å². The van der Waals surface area contributed by atoms with E-state index in [4.69, 9.17) is 0 Å². The van der Waals surface area contributed by atoms with Crippen molar-refractivity contribution in [2.75, 3.05) is 13.1 Å². The minimum atomic E-state index is -0.0804. The highest BCUT2D eigenvalue weighted by Crippen LogP contribution is 2.38. The molecule has 2 N–H and O–H groups in total.